The number of unbranched alkanes of at least 4 members (excludes halogenated alkanes) is 1. The number of aldehydes is 1. The second-order valence-corrected chi connectivity index (χ2v) is 3.37. The van der Waals surface area contributed by atoms with Crippen molar-refractivity contribution in [2.45, 2.75) is 26.2 Å². The average Bonchev–Trinajstić information content (AvgIpc) is 2.27. The van der Waals surface area contributed by atoms with Crippen LogP contribution in [-0.4, -0.2) is 13.4 Å². The van der Waals surface area contributed by atoms with Crippen molar-refractivity contribution in [3.05, 3.63) is 29.1 Å². The summed E-state index contributed by atoms with van der Waals surface area (Å²) in [6, 6.07) is 3.08. The van der Waals surface area contributed by atoms with Crippen molar-refractivity contribution in [3.63, 3.8) is 0 Å². The molecule has 0 aliphatic heterocycles. The maximum atomic E-state index is 13.8. The molecule has 15 heavy (non-hydrogen) atoms. The molecule has 0 fully saturated rings. The Labute approximate surface area is 89.1 Å². The molecule has 1 rings (SSSR count). The van der Waals surface area contributed by atoms with Gasteiger partial charge < -0.3 is 4.74 Å². The Hall–Kier alpha value is -1.38. The van der Waals surface area contributed by atoms with Crippen LogP contribution in [0.2, 0.25) is 0 Å². The Kier molecular flexibility index (Phi) is 4.28. The van der Waals surface area contributed by atoms with E-state index in [0.717, 1.165) is 12.8 Å². The van der Waals surface area contributed by atoms with E-state index in [2.05, 4.69) is 0 Å². The van der Waals surface area contributed by atoms with Gasteiger partial charge in [-0.2, -0.15) is 0 Å². The number of hydrogen-bond donors (Lipinski definition) is 0. The van der Waals surface area contributed by atoms with Gasteiger partial charge in [-0.15, -0.1) is 0 Å². The fourth-order valence-electron chi connectivity index (χ4n) is 1.49. The van der Waals surface area contributed by atoms with Crippen LogP contribution in [0, 0.1) is 5.82 Å². The molecule has 0 saturated heterocycles. The number of methoxy groups -OCH3 is 1. The minimum absolute atomic E-state index is 0.201. The van der Waals surface area contributed by atoms with Crippen molar-refractivity contribution in [2.75, 3.05) is 7.11 Å². The van der Waals surface area contributed by atoms with Crippen molar-refractivity contribution in [1.29, 1.82) is 0 Å². The Morgan fingerprint density at radius 2 is 2.20 bits per heavy atom. The van der Waals surface area contributed by atoms with Gasteiger partial charge in [0.15, 0.2) is 11.6 Å². The largest absolute Gasteiger partial charge is 0.494 e. The highest BCUT2D eigenvalue weighted by molar-refractivity contribution is 5.77. The highest BCUT2D eigenvalue weighted by atomic mass is 19.1. The summed E-state index contributed by atoms with van der Waals surface area (Å²) >= 11 is 0. The number of carbonyl (C=O) groups is 1. The van der Waals surface area contributed by atoms with Gasteiger partial charge in [0.1, 0.15) is 6.29 Å². The van der Waals surface area contributed by atoms with Crippen LogP contribution in [0.3, 0.4) is 0 Å². The Balaban J connectivity index is 3.10. The van der Waals surface area contributed by atoms with Gasteiger partial charge in [0.05, 0.1) is 7.11 Å². The molecule has 1 aromatic carbocycles. The lowest BCUT2D eigenvalue weighted by Crippen LogP contribution is -2.00. The fraction of sp³-hybridized carbons (Fsp3) is 0.417. The normalized spacial score (nSPS) is 10.1. The smallest absolute Gasteiger partial charge is 0.168 e. The molecule has 0 bridgehead atoms. The number of hydrogen-bond acceptors (Lipinski definition) is 2. The predicted octanol–water partition coefficient (Wildman–Crippen LogP) is 2.99. The van der Waals surface area contributed by atoms with Crippen LogP contribution in [0.25, 0.3) is 0 Å². The van der Waals surface area contributed by atoms with E-state index in [9.17, 15) is 9.18 Å². The summed E-state index contributed by atoms with van der Waals surface area (Å²) in [5, 5.41) is 0. The van der Waals surface area contributed by atoms with E-state index in [1.165, 1.54) is 13.2 Å². The molecule has 2 nitrogen and oxygen atoms in total. The summed E-state index contributed by atoms with van der Waals surface area (Å²) in [6.45, 7) is 2.03. The van der Waals surface area contributed by atoms with E-state index in [-0.39, 0.29) is 5.75 Å². The molecule has 0 radical (unpaired) electrons. The molecule has 0 unspecified atom stereocenters. The van der Waals surface area contributed by atoms with Crippen LogP contribution < -0.4 is 4.74 Å². The van der Waals surface area contributed by atoms with Crippen LogP contribution in [0.1, 0.15) is 35.7 Å². The fourth-order valence-corrected chi connectivity index (χ4v) is 1.49. The highest BCUT2D eigenvalue weighted by Gasteiger charge is 2.12. The van der Waals surface area contributed by atoms with E-state index in [1.54, 1.807) is 6.07 Å². The lowest BCUT2D eigenvalue weighted by atomic mass is 10.0. The molecular formula is C12H15FO2. The number of benzene rings is 1. The van der Waals surface area contributed by atoms with Gasteiger partial charge in [0.2, 0.25) is 0 Å². The molecule has 82 valence electrons. The van der Waals surface area contributed by atoms with Gasteiger partial charge in [-0.05, 0) is 25.0 Å². The monoisotopic (exact) mass is 210 g/mol. The molecule has 0 heterocycles. The molecule has 3 heteroatoms. The van der Waals surface area contributed by atoms with Crippen molar-refractivity contribution in [1.82, 2.24) is 0 Å². The standard InChI is InChI=1S/C12H15FO2/c1-3-4-5-10-9(8-14)6-7-11(15-2)12(10)13/h6-8H,3-5H2,1-2H3. The molecule has 0 aliphatic rings. The van der Waals surface area contributed by atoms with Crippen molar-refractivity contribution in [3.8, 4) is 5.75 Å². The van der Waals surface area contributed by atoms with Gasteiger partial charge >= 0.3 is 0 Å². The summed E-state index contributed by atoms with van der Waals surface area (Å²) in [7, 11) is 1.42. The first-order valence-corrected chi connectivity index (χ1v) is 5.05. The van der Waals surface area contributed by atoms with Gasteiger partial charge in [-0.1, -0.05) is 13.3 Å². The zero-order chi connectivity index (χ0) is 11.3. The third-order valence-corrected chi connectivity index (χ3v) is 2.37. The topological polar surface area (TPSA) is 26.3 Å². The van der Waals surface area contributed by atoms with Crippen molar-refractivity contribution >= 4 is 6.29 Å². The molecule has 0 aromatic heterocycles. The lowest BCUT2D eigenvalue weighted by Gasteiger charge is -2.09. The molecular weight excluding hydrogens is 195 g/mol. The first-order valence-electron chi connectivity index (χ1n) is 5.05. The third-order valence-electron chi connectivity index (χ3n) is 2.37. The Morgan fingerprint density at radius 3 is 2.73 bits per heavy atom. The van der Waals surface area contributed by atoms with Crippen LogP contribution >= 0.6 is 0 Å². The quantitative estimate of drug-likeness (QED) is 0.698. The van der Waals surface area contributed by atoms with E-state index in [1.807, 2.05) is 6.92 Å². The van der Waals surface area contributed by atoms with E-state index in [4.69, 9.17) is 4.74 Å². The number of rotatable bonds is 5. The molecule has 0 N–H and O–H groups in total. The van der Waals surface area contributed by atoms with Gasteiger partial charge in [0.25, 0.3) is 0 Å². The molecule has 0 spiro atoms. The Morgan fingerprint density at radius 1 is 1.47 bits per heavy atom. The third kappa shape index (κ3) is 2.55. The first-order chi connectivity index (χ1) is 7.24. The van der Waals surface area contributed by atoms with E-state index >= 15 is 0 Å². The summed E-state index contributed by atoms with van der Waals surface area (Å²) in [4.78, 5) is 10.7. The second kappa shape index (κ2) is 5.49. The molecule has 1 aromatic rings. The molecule has 0 saturated carbocycles. The maximum absolute atomic E-state index is 13.8. The minimum Gasteiger partial charge on any atom is -0.494 e. The van der Waals surface area contributed by atoms with Crippen molar-refractivity contribution < 1.29 is 13.9 Å². The SMILES string of the molecule is CCCCc1c(C=O)ccc(OC)c1F. The van der Waals surface area contributed by atoms with Gasteiger partial charge in [-0.3, -0.25) is 4.79 Å². The van der Waals surface area contributed by atoms with E-state index < -0.39 is 5.82 Å². The zero-order valence-electron chi connectivity index (χ0n) is 9.05. The summed E-state index contributed by atoms with van der Waals surface area (Å²) in [6.07, 6.45) is 3.10. The van der Waals surface area contributed by atoms with Crippen LogP contribution in [-0.2, 0) is 6.42 Å². The minimum atomic E-state index is -0.407. The average molecular weight is 210 g/mol. The summed E-state index contributed by atoms with van der Waals surface area (Å²) in [5.74, 6) is -0.206. The number of carbonyl (C=O) groups excluding carboxylic acids is 1. The van der Waals surface area contributed by atoms with Crippen LogP contribution in [0.5, 0.6) is 5.75 Å². The summed E-state index contributed by atoms with van der Waals surface area (Å²) < 4.78 is 18.6. The van der Waals surface area contributed by atoms with E-state index in [0.29, 0.717) is 23.8 Å². The Bertz CT molecular complexity index is 348. The summed E-state index contributed by atoms with van der Waals surface area (Å²) in [5.41, 5.74) is 0.882. The predicted molar refractivity (Wildman–Crippen MR) is 57.0 cm³/mol. The van der Waals surface area contributed by atoms with Crippen LogP contribution in [0.15, 0.2) is 12.1 Å². The van der Waals surface area contributed by atoms with Crippen LogP contribution in [0.4, 0.5) is 4.39 Å². The number of ether oxygens (including phenoxy) is 1. The van der Waals surface area contributed by atoms with Gasteiger partial charge in [-0.25, -0.2) is 4.39 Å². The lowest BCUT2D eigenvalue weighted by molar-refractivity contribution is 0.112. The first kappa shape index (κ1) is 11.7. The zero-order valence-corrected chi connectivity index (χ0v) is 9.05. The molecule has 0 aliphatic carbocycles. The second-order valence-electron chi connectivity index (χ2n) is 3.37. The molecule has 0 atom stereocenters. The van der Waals surface area contributed by atoms with Gasteiger partial charge in [0, 0.05) is 11.1 Å². The number of halogens is 1. The highest BCUT2D eigenvalue weighted by Crippen LogP contribution is 2.24. The van der Waals surface area contributed by atoms with Crippen molar-refractivity contribution in [2.24, 2.45) is 0 Å². The molecule has 0 amide bonds. The maximum Gasteiger partial charge on any atom is 0.168 e.